The number of benzene rings is 2. The van der Waals surface area contributed by atoms with Crippen LogP contribution in [-0.2, 0) is 21.0 Å². The molecule has 0 spiro atoms. The van der Waals surface area contributed by atoms with E-state index in [4.69, 9.17) is 14.3 Å². The van der Waals surface area contributed by atoms with E-state index in [1.807, 2.05) is 48.5 Å². The van der Waals surface area contributed by atoms with Gasteiger partial charge < -0.3 is 14.3 Å². The monoisotopic (exact) mass is 432 g/mol. The van der Waals surface area contributed by atoms with Crippen molar-refractivity contribution in [3.63, 3.8) is 0 Å². The molecule has 0 aromatic heterocycles. The lowest BCUT2D eigenvalue weighted by Crippen LogP contribution is -2.41. The molecule has 4 aliphatic rings. The minimum absolute atomic E-state index is 0.0118. The van der Waals surface area contributed by atoms with Gasteiger partial charge in [0.1, 0.15) is 17.6 Å². The number of nitrogens with zero attached hydrogens (tertiary/aromatic N) is 2. The molecule has 0 radical (unpaired) electrons. The van der Waals surface area contributed by atoms with Crippen LogP contribution < -0.4 is 9.47 Å². The first-order valence-corrected chi connectivity index (χ1v) is 11.0. The van der Waals surface area contributed by atoms with Crippen molar-refractivity contribution < 1.29 is 23.9 Å². The molecule has 2 saturated carbocycles. The summed E-state index contributed by atoms with van der Waals surface area (Å²) < 4.78 is 10.9. The molecule has 2 aromatic rings. The number of rotatable bonds is 5. The molecule has 2 amide bonds. The fourth-order valence-corrected chi connectivity index (χ4v) is 6.34. The predicted molar refractivity (Wildman–Crippen MR) is 115 cm³/mol. The lowest BCUT2D eigenvalue weighted by atomic mass is 9.71. The standard InChI is InChI=1S/C25H24N2O5/c1-30-14-8-9-15(18(10-14)31-2)22-21-16-11-17(23(21)32-26-22)20-19(16)24(28)27(25(20)29)12-13-6-4-3-5-7-13/h3-10,16-17,19-21,23H,11-12H2,1-2H3. The summed E-state index contributed by atoms with van der Waals surface area (Å²) >= 11 is 0. The first kappa shape index (κ1) is 19.3. The van der Waals surface area contributed by atoms with Crippen LogP contribution in [-0.4, -0.2) is 42.7 Å². The van der Waals surface area contributed by atoms with Crippen LogP contribution in [0.1, 0.15) is 17.5 Å². The Morgan fingerprint density at radius 3 is 2.44 bits per heavy atom. The highest BCUT2D eigenvalue weighted by Gasteiger charge is 2.70. The molecule has 6 atom stereocenters. The average Bonchev–Trinajstić information content (AvgIpc) is 3.56. The van der Waals surface area contributed by atoms with E-state index in [0.717, 1.165) is 23.3 Å². The number of carbonyl (C=O) groups is 2. The van der Waals surface area contributed by atoms with Crippen molar-refractivity contribution in [2.45, 2.75) is 19.1 Å². The maximum Gasteiger partial charge on any atom is 0.233 e. The zero-order chi connectivity index (χ0) is 22.0. The Balaban J connectivity index is 1.31. The topological polar surface area (TPSA) is 77.4 Å². The number of imide groups is 1. The second-order valence-electron chi connectivity index (χ2n) is 9.00. The Bertz CT molecular complexity index is 1130. The molecule has 2 aliphatic carbocycles. The second-order valence-corrected chi connectivity index (χ2v) is 9.00. The van der Waals surface area contributed by atoms with Crippen molar-refractivity contribution in [1.82, 2.24) is 4.90 Å². The van der Waals surface area contributed by atoms with Crippen molar-refractivity contribution >= 4 is 17.5 Å². The first-order chi connectivity index (χ1) is 15.6. The number of hydrogen-bond donors (Lipinski definition) is 0. The second kappa shape index (κ2) is 7.08. The van der Waals surface area contributed by atoms with E-state index in [1.54, 1.807) is 14.2 Å². The predicted octanol–water partition coefficient (Wildman–Crippen LogP) is 2.87. The van der Waals surface area contributed by atoms with Gasteiger partial charge in [0.25, 0.3) is 0 Å². The van der Waals surface area contributed by atoms with Crippen LogP contribution in [0.2, 0.25) is 0 Å². The molecule has 164 valence electrons. The fraction of sp³-hybridized carbons (Fsp3) is 0.400. The number of methoxy groups -OCH3 is 2. The van der Waals surface area contributed by atoms with Crippen LogP contribution in [0.4, 0.5) is 0 Å². The van der Waals surface area contributed by atoms with Gasteiger partial charge in [-0.3, -0.25) is 14.5 Å². The number of ether oxygens (including phenoxy) is 2. The summed E-state index contributed by atoms with van der Waals surface area (Å²) in [5.74, 6) is 0.680. The van der Waals surface area contributed by atoms with Crippen LogP contribution in [0, 0.1) is 29.6 Å². The zero-order valence-electron chi connectivity index (χ0n) is 17.9. The largest absolute Gasteiger partial charge is 0.497 e. The number of amides is 2. The highest BCUT2D eigenvalue weighted by atomic mass is 16.6. The Hall–Kier alpha value is -3.35. The number of carbonyl (C=O) groups excluding carboxylic acids is 2. The van der Waals surface area contributed by atoms with Crippen LogP contribution in [0.5, 0.6) is 11.5 Å². The molecule has 2 aromatic carbocycles. The molecule has 32 heavy (non-hydrogen) atoms. The van der Waals surface area contributed by atoms with E-state index in [-0.39, 0.29) is 47.5 Å². The summed E-state index contributed by atoms with van der Waals surface area (Å²) in [5, 5.41) is 4.42. The third kappa shape index (κ3) is 2.57. The number of oxime groups is 1. The SMILES string of the molecule is COc1ccc(C2=NOC3C4CC(C23)C2C(=O)N(Cc3ccccc3)C(=O)C42)c(OC)c1. The Kier molecular flexibility index (Phi) is 4.28. The molecule has 1 saturated heterocycles. The summed E-state index contributed by atoms with van der Waals surface area (Å²) in [7, 11) is 3.23. The normalized spacial score (nSPS) is 31.9. The maximum atomic E-state index is 13.4. The van der Waals surface area contributed by atoms with Gasteiger partial charge >= 0.3 is 0 Å². The summed E-state index contributed by atoms with van der Waals surface area (Å²) in [4.78, 5) is 34.0. The maximum absolute atomic E-state index is 13.4. The van der Waals surface area contributed by atoms with Gasteiger partial charge in [-0.25, -0.2) is 0 Å². The van der Waals surface area contributed by atoms with Gasteiger partial charge in [0.2, 0.25) is 11.8 Å². The molecule has 2 bridgehead atoms. The third-order valence-corrected chi connectivity index (χ3v) is 7.65. The molecule has 3 fully saturated rings. The van der Waals surface area contributed by atoms with E-state index >= 15 is 0 Å². The summed E-state index contributed by atoms with van der Waals surface area (Å²) in [6.45, 7) is 0.328. The minimum Gasteiger partial charge on any atom is -0.497 e. The summed E-state index contributed by atoms with van der Waals surface area (Å²) in [6, 6.07) is 15.3. The van der Waals surface area contributed by atoms with E-state index in [0.29, 0.717) is 18.0 Å². The first-order valence-electron chi connectivity index (χ1n) is 11.0. The Morgan fingerprint density at radius 1 is 0.969 bits per heavy atom. The quantitative estimate of drug-likeness (QED) is 0.679. The van der Waals surface area contributed by atoms with Crippen molar-refractivity contribution in [3.05, 3.63) is 59.7 Å². The third-order valence-electron chi connectivity index (χ3n) is 7.65. The van der Waals surface area contributed by atoms with Crippen LogP contribution in [0.3, 0.4) is 0 Å². The van der Waals surface area contributed by atoms with Gasteiger partial charge in [-0.1, -0.05) is 35.5 Å². The highest BCUT2D eigenvalue weighted by molar-refractivity contribution is 6.09. The number of fused-ring (bicyclic) bond motifs is 8. The fourth-order valence-electron chi connectivity index (χ4n) is 6.34. The molecule has 2 aliphatic heterocycles. The van der Waals surface area contributed by atoms with Gasteiger partial charge in [0.15, 0.2) is 0 Å². The summed E-state index contributed by atoms with van der Waals surface area (Å²) in [5.41, 5.74) is 2.62. The minimum atomic E-state index is -0.301. The summed E-state index contributed by atoms with van der Waals surface area (Å²) in [6.07, 6.45) is 0.648. The van der Waals surface area contributed by atoms with Crippen LogP contribution in [0.25, 0.3) is 0 Å². The van der Waals surface area contributed by atoms with E-state index in [9.17, 15) is 9.59 Å². The molecule has 2 heterocycles. The number of likely N-dealkylation sites (tertiary alicyclic amines) is 1. The molecular weight excluding hydrogens is 408 g/mol. The van der Waals surface area contributed by atoms with E-state index in [2.05, 4.69) is 5.16 Å². The van der Waals surface area contributed by atoms with Gasteiger partial charge in [-0.15, -0.1) is 0 Å². The smallest absolute Gasteiger partial charge is 0.233 e. The van der Waals surface area contributed by atoms with Gasteiger partial charge in [-0.05, 0) is 30.0 Å². The van der Waals surface area contributed by atoms with Crippen molar-refractivity contribution in [1.29, 1.82) is 0 Å². The molecule has 7 heteroatoms. The van der Waals surface area contributed by atoms with Gasteiger partial charge in [0.05, 0.1) is 38.3 Å². The molecule has 7 nitrogen and oxygen atoms in total. The van der Waals surface area contributed by atoms with E-state index in [1.165, 1.54) is 4.90 Å². The molecule has 6 unspecified atom stereocenters. The lowest BCUT2D eigenvalue weighted by molar-refractivity contribution is -0.141. The van der Waals surface area contributed by atoms with Crippen LogP contribution >= 0.6 is 0 Å². The van der Waals surface area contributed by atoms with Crippen molar-refractivity contribution in [3.8, 4) is 11.5 Å². The zero-order valence-corrected chi connectivity index (χ0v) is 17.9. The highest BCUT2D eigenvalue weighted by Crippen LogP contribution is 2.62. The Morgan fingerprint density at radius 2 is 1.72 bits per heavy atom. The van der Waals surface area contributed by atoms with Crippen LogP contribution in [0.15, 0.2) is 53.7 Å². The average molecular weight is 432 g/mol. The van der Waals surface area contributed by atoms with Crippen molar-refractivity contribution in [2.24, 2.45) is 34.7 Å². The molecular formula is C25H24N2O5. The van der Waals surface area contributed by atoms with Gasteiger partial charge in [-0.2, -0.15) is 0 Å². The van der Waals surface area contributed by atoms with E-state index < -0.39 is 0 Å². The van der Waals surface area contributed by atoms with Gasteiger partial charge in [0, 0.05) is 23.5 Å². The molecule has 6 rings (SSSR count). The number of hydrogen-bond acceptors (Lipinski definition) is 6. The molecule has 0 N–H and O–H groups in total. The Labute approximate surface area is 185 Å². The lowest BCUT2D eigenvalue weighted by Gasteiger charge is -2.30. The van der Waals surface area contributed by atoms with Crippen molar-refractivity contribution in [2.75, 3.05) is 14.2 Å².